The quantitative estimate of drug-likeness (QED) is 0.898. The Labute approximate surface area is 118 Å². The summed E-state index contributed by atoms with van der Waals surface area (Å²) in [6.45, 7) is 0.795. The van der Waals surface area contributed by atoms with Gasteiger partial charge in [0.05, 0.1) is 22.3 Å². The van der Waals surface area contributed by atoms with E-state index in [1.807, 2.05) is 24.5 Å². The first-order valence-electron chi connectivity index (χ1n) is 6.13. The van der Waals surface area contributed by atoms with Gasteiger partial charge in [0.25, 0.3) is 0 Å². The molecule has 2 rings (SSSR count). The second-order valence-corrected chi connectivity index (χ2v) is 6.53. The normalized spacial score (nSPS) is 11.2. The molecule has 0 unspecified atom stereocenters. The smallest absolute Gasteiger partial charge is 0.180 e. The van der Waals surface area contributed by atoms with E-state index in [9.17, 15) is 8.42 Å². The number of nitrogens with zero attached hydrogens (tertiary/aromatic N) is 2. The molecule has 0 saturated heterocycles. The van der Waals surface area contributed by atoms with E-state index in [1.54, 1.807) is 16.7 Å². The number of nitriles is 1. The van der Waals surface area contributed by atoms with E-state index in [1.165, 1.54) is 12.1 Å². The van der Waals surface area contributed by atoms with Gasteiger partial charge < -0.3 is 10.3 Å². The number of sulfone groups is 1. The van der Waals surface area contributed by atoms with Crippen LogP contribution in [0.2, 0.25) is 0 Å². The van der Waals surface area contributed by atoms with Gasteiger partial charge in [0.15, 0.2) is 9.84 Å². The average molecular weight is 289 g/mol. The van der Waals surface area contributed by atoms with Crippen LogP contribution in [0.1, 0.15) is 11.1 Å². The number of hydrogen-bond donors (Lipinski definition) is 1. The van der Waals surface area contributed by atoms with Crippen LogP contribution in [0.25, 0.3) is 0 Å². The molecule has 20 heavy (non-hydrogen) atoms. The first-order chi connectivity index (χ1) is 9.55. The molecule has 2 N–H and O–H groups in total. The molecule has 1 heterocycles. The maximum Gasteiger partial charge on any atom is 0.180 e. The van der Waals surface area contributed by atoms with Crippen LogP contribution in [-0.2, 0) is 22.9 Å². The molecular formula is C14H15N3O2S. The van der Waals surface area contributed by atoms with Crippen molar-refractivity contribution in [1.82, 2.24) is 4.57 Å². The molecule has 0 amide bonds. The Morgan fingerprint density at radius 2 is 2.10 bits per heavy atom. The number of aryl methyl sites for hydroxylation is 1. The molecule has 0 aliphatic carbocycles. The third-order valence-electron chi connectivity index (χ3n) is 2.99. The van der Waals surface area contributed by atoms with Crippen LogP contribution in [0.3, 0.4) is 0 Å². The zero-order valence-corrected chi connectivity index (χ0v) is 11.7. The molecule has 1 aromatic carbocycles. The molecule has 1 aromatic heterocycles. The Bertz CT molecular complexity index is 742. The van der Waals surface area contributed by atoms with Crippen molar-refractivity contribution in [2.45, 2.75) is 18.0 Å². The van der Waals surface area contributed by atoms with Gasteiger partial charge in [-0.05, 0) is 29.8 Å². The van der Waals surface area contributed by atoms with E-state index in [4.69, 9.17) is 11.0 Å². The van der Waals surface area contributed by atoms with Crippen molar-refractivity contribution in [1.29, 1.82) is 5.26 Å². The minimum absolute atomic E-state index is 0.0133. The summed E-state index contributed by atoms with van der Waals surface area (Å²) in [6.07, 6.45) is 3.64. The number of rotatable bonds is 5. The minimum atomic E-state index is -3.39. The molecule has 0 fully saturated rings. The van der Waals surface area contributed by atoms with Crippen LogP contribution in [0, 0.1) is 11.3 Å². The lowest BCUT2D eigenvalue weighted by Crippen LogP contribution is -2.12. The van der Waals surface area contributed by atoms with Crippen LogP contribution in [0.5, 0.6) is 0 Å². The van der Waals surface area contributed by atoms with Crippen LogP contribution in [-0.4, -0.2) is 18.7 Å². The summed E-state index contributed by atoms with van der Waals surface area (Å²) in [5.74, 6) is -0.0133. The van der Waals surface area contributed by atoms with Gasteiger partial charge in [0, 0.05) is 25.5 Å². The van der Waals surface area contributed by atoms with Gasteiger partial charge in [-0.25, -0.2) is 8.42 Å². The molecule has 0 atom stereocenters. The number of aromatic nitrogens is 1. The van der Waals surface area contributed by atoms with Crippen LogP contribution in [0.4, 0.5) is 0 Å². The molecule has 0 radical (unpaired) electrons. The second kappa shape index (κ2) is 5.90. The Balaban J connectivity index is 2.13. The van der Waals surface area contributed by atoms with E-state index >= 15 is 0 Å². The highest BCUT2D eigenvalue weighted by Crippen LogP contribution is 2.13. The second-order valence-electron chi connectivity index (χ2n) is 4.42. The van der Waals surface area contributed by atoms with Gasteiger partial charge in [0.2, 0.25) is 0 Å². The van der Waals surface area contributed by atoms with Gasteiger partial charge in [-0.15, -0.1) is 0 Å². The zero-order valence-electron chi connectivity index (χ0n) is 10.9. The van der Waals surface area contributed by atoms with Gasteiger partial charge in [-0.3, -0.25) is 0 Å². The van der Waals surface area contributed by atoms with Crippen LogP contribution >= 0.6 is 0 Å². The van der Waals surface area contributed by atoms with E-state index in [0.717, 1.165) is 5.56 Å². The molecule has 5 nitrogen and oxygen atoms in total. The van der Waals surface area contributed by atoms with E-state index in [-0.39, 0.29) is 10.6 Å². The fourth-order valence-electron chi connectivity index (χ4n) is 1.85. The Morgan fingerprint density at radius 3 is 2.75 bits per heavy atom. The summed E-state index contributed by atoms with van der Waals surface area (Å²) in [7, 11) is -3.39. The summed E-state index contributed by atoms with van der Waals surface area (Å²) in [5.41, 5.74) is 6.82. The molecule has 0 spiro atoms. The van der Waals surface area contributed by atoms with E-state index in [0.29, 0.717) is 18.7 Å². The summed E-state index contributed by atoms with van der Waals surface area (Å²) in [5, 5.41) is 8.80. The van der Waals surface area contributed by atoms with E-state index in [2.05, 4.69) is 0 Å². The molecule has 6 heteroatoms. The Hall–Kier alpha value is -2.10. The fraction of sp³-hybridized carbons (Fsp3) is 0.214. The lowest BCUT2D eigenvalue weighted by atomic mass is 10.2. The monoisotopic (exact) mass is 289 g/mol. The number of benzene rings is 1. The summed E-state index contributed by atoms with van der Waals surface area (Å²) < 4.78 is 26.2. The predicted octanol–water partition coefficient (Wildman–Crippen LogP) is 1.29. The molecule has 104 valence electrons. The van der Waals surface area contributed by atoms with E-state index < -0.39 is 9.84 Å². The number of nitrogens with two attached hydrogens (primary N) is 1. The number of hydrogen-bond acceptors (Lipinski definition) is 4. The van der Waals surface area contributed by atoms with Gasteiger partial charge in [0.1, 0.15) is 0 Å². The predicted molar refractivity (Wildman–Crippen MR) is 75.5 cm³/mol. The Morgan fingerprint density at radius 1 is 1.30 bits per heavy atom. The minimum Gasteiger partial charge on any atom is -0.353 e. The van der Waals surface area contributed by atoms with Crippen LogP contribution < -0.4 is 5.73 Å². The third-order valence-corrected chi connectivity index (χ3v) is 4.68. The van der Waals surface area contributed by atoms with Crippen LogP contribution in [0.15, 0.2) is 47.6 Å². The van der Waals surface area contributed by atoms with Gasteiger partial charge in [-0.2, -0.15) is 5.26 Å². The highest BCUT2D eigenvalue weighted by molar-refractivity contribution is 7.91. The average Bonchev–Trinajstić information content (AvgIpc) is 2.93. The molecule has 0 aliphatic rings. The van der Waals surface area contributed by atoms with Gasteiger partial charge in [-0.1, -0.05) is 6.07 Å². The lowest BCUT2D eigenvalue weighted by Gasteiger charge is -2.06. The van der Waals surface area contributed by atoms with Crippen molar-refractivity contribution in [3.8, 4) is 6.07 Å². The third kappa shape index (κ3) is 3.26. The highest BCUT2D eigenvalue weighted by atomic mass is 32.2. The van der Waals surface area contributed by atoms with Gasteiger partial charge >= 0.3 is 0 Å². The molecular weight excluding hydrogens is 274 g/mol. The molecule has 2 aromatic rings. The van der Waals surface area contributed by atoms with Crippen molar-refractivity contribution in [2.24, 2.45) is 5.73 Å². The summed E-state index contributed by atoms with van der Waals surface area (Å²) in [6, 6.07) is 9.87. The lowest BCUT2D eigenvalue weighted by molar-refractivity contribution is 0.589. The molecule has 0 aliphatic heterocycles. The van der Waals surface area contributed by atoms with Crippen molar-refractivity contribution >= 4 is 9.84 Å². The molecule has 0 saturated carbocycles. The zero-order chi connectivity index (χ0) is 14.6. The standard InChI is InChI=1S/C14H15N3O2S/c15-9-12-2-1-3-14(8-12)20(18,19)7-6-17-5-4-13(10-16)11-17/h1-5,8,11H,6-7,10,16H2. The summed E-state index contributed by atoms with van der Waals surface area (Å²) in [4.78, 5) is 0.183. The largest absolute Gasteiger partial charge is 0.353 e. The fourth-order valence-corrected chi connectivity index (χ4v) is 3.13. The van der Waals surface area contributed by atoms with Crippen molar-refractivity contribution in [2.75, 3.05) is 5.75 Å². The topological polar surface area (TPSA) is 88.9 Å². The maximum atomic E-state index is 12.2. The maximum absolute atomic E-state index is 12.2. The van der Waals surface area contributed by atoms with Crippen molar-refractivity contribution in [3.05, 3.63) is 53.9 Å². The summed E-state index contributed by atoms with van der Waals surface area (Å²) >= 11 is 0. The first-order valence-corrected chi connectivity index (χ1v) is 7.78. The Kier molecular flexibility index (Phi) is 4.23. The SMILES string of the molecule is N#Cc1cccc(S(=O)(=O)CCn2ccc(CN)c2)c1. The first kappa shape index (κ1) is 14.3. The van der Waals surface area contributed by atoms with Crippen molar-refractivity contribution < 1.29 is 8.42 Å². The highest BCUT2D eigenvalue weighted by Gasteiger charge is 2.14. The molecule has 0 bridgehead atoms. The van der Waals surface area contributed by atoms with Crippen molar-refractivity contribution in [3.63, 3.8) is 0 Å².